The first kappa shape index (κ1) is 9.45. The Labute approximate surface area is 84.5 Å². The standard InChI is InChI=1S/C4H13NO7P2/c5-3-1-2-4(6,13(7,8)9)14(10,11)12/h6H,1-3,5H2,(H2,7,8,9)(H2,10,11,12)/p-1/i/hD3. The summed E-state index contributed by atoms with van der Waals surface area (Å²) < 4.78 is 41.6. The molecule has 0 aromatic rings. The molecule has 0 spiro atoms. The molecule has 0 amide bonds. The van der Waals surface area contributed by atoms with Gasteiger partial charge < -0.3 is 39.5 Å². The molecule has 0 aliphatic heterocycles. The van der Waals surface area contributed by atoms with E-state index in [2.05, 4.69) is 0 Å². The van der Waals surface area contributed by atoms with Crippen molar-refractivity contribution in [3.05, 3.63) is 0 Å². The Hall–Kier alpha value is 0.220. The van der Waals surface area contributed by atoms with E-state index in [1.165, 1.54) is 0 Å². The average Bonchev–Trinajstić information content (AvgIpc) is 1.96. The van der Waals surface area contributed by atoms with Crippen LogP contribution < -0.4 is 15.5 Å². The van der Waals surface area contributed by atoms with Crippen molar-refractivity contribution in [3.63, 3.8) is 0 Å². The third kappa shape index (κ3) is 2.85. The zero-order chi connectivity index (χ0) is 14.1. The Balaban J connectivity index is 4.90. The van der Waals surface area contributed by atoms with Gasteiger partial charge in [-0.15, -0.1) is 0 Å². The quantitative estimate of drug-likeness (QED) is 0.359. The molecule has 14 heavy (non-hydrogen) atoms. The lowest BCUT2D eigenvalue weighted by Gasteiger charge is -2.41. The lowest BCUT2D eigenvalue weighted by molar-refractivity contribution is -0.369. The molecule has 8 nitrogen and oxygen atoms in total. The van der Waals surface area contributed by atoms with Gasteiger partial charge in [-0.05, 0) is 6.42 Å². The van der Waals surface area contributed by atoms with Gasteiger partial charge in [-0.25, -0.2) is 0 Å². The SMILES string of the molecule is [2H][N+]([2H])([2H])CCCC(O)(P(=O)([O-])O)P(=O)([O-])O. The Kier molecular flexibility index (Phi) is 2.96. The molecule has 0 bridgehead atoms. The van der Waals surface area contributed by atoms with Crippen molar-refractivity contribution in [1.82, 2.24) is 0 Å². The summed E-state index contributed by atoms with van der Waals surface area (Å²) in [5, 5.41) is 5.48. The first-order valence-corrected chi connectivity index (χ1v) is 6.63. The van der Waals surface area contributed by atoms with E-state index in [1.54, 1.807) is 0 Å². The summed E-state index contributed by atoms with van der Waals surface area (Å²) in [6.45, 7) is -0.637. The molecule has 6 N–H and O–H groups in total. The molecule has 0 heterocycles. The molecule has 0 aliphatic rings. The number of aliphatic hydroxyl groups is 1. The Morgan fingerprint density at radius 1 is 1.36 bits per heavy atom. The van der Waals surface area contributed by atoms with Crippen LogP contribution in [0.25, 0.3) is 0 Å². The molecule has 0 aliphatic carbocycles. The second-order valence-electron chi connectivity index (χ2n) is 2.64. The summed E-state index contributed by atoms with van der Waals surface area (Å²) >= 11 is 0. The highest BCUT2D eigenvalue weighted by Gasteiger charge is 2.46. The van der Waals surface area contributed by atoms with Crippen LogP contribution in [0.1, 0.15) is 12.8 Å². The zero-order valence-electron chi connectivity index (χ0n) is 9.94. The highest BCUT2D eigenvalue weighted by atomic mass is 31.2. The number of rotatable bonds is 6. The van der Waals surface area contributed by atoms with E-state index in [-0.39, 0.29) is 0 Å². The summed E-state index contributed by atoms with van der Waals surface area (Å²) in [5.74, 6) is 0. The Morgan fingerprint density at radius 3 is 2.07 bits per heavy atom. The third-order valence-electron chi connectivity index (χ3n) is 1.58. The van der Waals surface area contributed by atoms with Gasteiger partial charge >= 0.3 is 4.24 Å². The van der Waals surface area contributed by atoms with E-state index in [4.69, 9.17) is 14.0 Å². The van der Waals surface area contributed by atoms with E-state index in [0.717, 1.165) is 0 Å². The van der Waals surface area contributed by atoms with Crippen molar-refractivity contribution in [2.75, 3.05) is 6.54 Å². The van der Waals surface area contributed by atoms with Crippen LogP contribution in [0, 0.1) is 0 Å². The highest BCUT2D eigenvalue weighted by molar-refractivity contribution is 7.70. The minimum absolute atomic E-state index is 0.563. The van der Waals surface area contributed by atoms with E-state index in [9.17, 15) is 24.0 Å². The Bertz CT molecular complexity index is 337. The van der Waals surface area contributed by atoms with Gasteiger partial charge in [0.15, 0.2) is 20.3 Å². The van der Waals surface area contributed by atoms with Crippen LogP contribution in [-0.2, 0) is 9.13 Å². The van der Waals surface area contributed by atoms with Crippen LogP contribution in [0.2, 0.25) is 4.24 Å². The monoisotopic (exact) mass is 251 g/mol. The van der Waals surface area contributed by atoms with Crippen molar-refractivity contribution in [2.45, 2.75) is 17.9 Å². The van der Waals surface area contributed by atoms with Crippen molar-refractivity contribution in [2.24, 2.45) is 0 Å². The van der Waals surface area contributed by atoms with Crippen molar-refractivity contribution < 1.29 is 43.8 Å². The minimum Gasteiger partial charge on any atom is -0.776 e. The maximum absolute atomic E-state index is 10.7. The van der Waals surface area contributed by atoms with Gasteiger partial charge in [0.25, 0.3) is 0 Å². The number of quaternary nitrogens is 1. The van der Waals surface area contributed by atoms with E-state index < -0.39 is 45.4 Å². The zero-order valence-corrected chi connectivity index (χ0v) is 8.73. The predicted octanol–water partition coefficient (Wildman–Crippen LogP) is -3.25. The van der Waals surface area contributed by atoms with E-state index >= 15 is 0 Å². The fourth-order valence-electron chi connectivity index (χ4n) is 0.758. The van der Waals surface area contributed by atoms with Gasteiger partial charge in [0, 0.05) is 6.42 Å². The molecule has 0 radical (unpaired) electrons. The van der Waals surface area contributed by atoms with Crippen LogP contribution >= 0.6 is 15.2 Å². The second-order valence-corrected chi connectivity index (χ2v) is 6.56. The van der Waals surface area contributed by atoms with Crippen molar-refractivity contribution in [1.29, 1.82) is 0 Å². The smallest absolute Gasteiger partial charge is 0.344 e. The molecular formula is C4H12NO7P2-. The second kappa shape index (κ2) is 4.38. The van der Waals surface area contributed by atoms with Crippen molar-refractivity contribution >= 4 is 15.2 Å². The van der Waals surface area contributed by atoms with Crippen LogP contribution in [0.15, 0.2) is 0 Å². The lowest BCUT2D eigenvalue weighted by Crippen LogP contribution is -2.51. The molecular weight excluding hydrogens is 236 g/mol. The molecule has 2 atom stereocenters. The summed E-state index contributed by atoms with van der Waals surface area (Å²) in [4.78, 5) is 38.6. The van der Waals surface area contributed by atoms with Crippen molar-refractivity contribution in [3.8, 4) is 0 Å². The largest absolute Gasteiger partial charge is 0.776 e. The summed E-state index contributed by atoms with van der Waals surface area (Å²) in [5.41, 5.74) is -1.83. The molecule has 10 heteroatoms. The van der Waals surface area contributed by atoms with Gasteiger partial charge in [0.1, 0.15) is 0 Å². The summed E-state index contributed by atoms with van der Waals surface area (Å²) in [7, 11) is -11.6. The van der Waals surface area contributed by atoms with E-state index in [1.807, 2.05) is 0 Å². The normalized spacial score (nSPS) is 28.8. The summed E-state index contributed by atoms with van der Waals surface area (Å²) in [6.07, 6.45) is -1.70. The highest BCUT2D eigenvalue weighted by Crippen LogP contribution is 2.65. The maximum atomic E-state index is 10.7. The van der Waals surface area contributed by atoms with Gasteiger partial charge in [-0.3, -0.25) is 0 Å². The predicted molar refractivity (Wildman–Crippen MR) is 41.6 cm³/mol. The molecule has 0 aromatic heterocycles. The van der Waals surface area contributed by atoms with Gasteiger partial charge in [-0.1, -0.05) is 0 Å². The first-order valence-electron chi connectivity index (χ1n) is 4.81. The van der Waals surface area contributed by atoms with Crippen LogP contribution in [0.5, 0.6) is 0 Å². The van der Waals surface area contributed by atoms with Crippen LogP contribution in [0.3, 0.4) is 0 Å². The average molecular weight is 251 g/mol. The number of hydrogen-bond acceptors (Lipinski definition) is 5. The number of hydrogen-bond donors (Lipinski definition) is 4. The minimum atomic E-state index is -5.80. The fraction of sp³-hybridized carbons (Fsp3) is 1.00. The molecule has 0 rings (SSSR count). The van der Waals surface area contributed by atoms with Crippen LogP contribution in [0.4, 0.5) is 0 Å². The molecule has 0 fully saturated rings. The molecule has 0 saturated carbocycles. The molecule has 86 valence electrons. The topological polar surface area (TPSA) is 169 Å². The van der Waals surface area contributed by atoms with Crippen LogP contribution in [-0.4, -0.2) is 26.5 Å². The van der Waals surface area contributed by atoms with Gasteiger partial charge in [0.2, 0.25) is 0 Å². The molecule has 0 aromatic carbocycles. The Morgan fingerprint density at radius 2 is 1.79 bits per heavy atom. The van der Waals surface area contributed by atoms with Gasteiger partial charge in [0.05, 0.1) is 6.54 Å². The first-order chi connectivity index (χ1) is 7.21. The van der Waals surface area contributed by atoms with E-state index in [0.29, 0.717) is 0 Å². The van der Waals surface area contributed by atoms with Gasteiger partial charge in [-0.2, -0.15) is 0 Å². The summed E-state index contributed by atoms with van der Waals surface area (Å²) in [6, 6.07) is 0. The molecule has 0 saturated heterocycles. The fourth-order valence-corrected chi connectivity index (χ4v) is 2.92. The lowest BCUT2D eigenvalue weighted by atomic mass is 10.3. The molecule has 2 unspecified atom stereocenters. The third-order valence-corrected chi connectivity index (χ3v) is 5.35. The maximum Gasteiger partial charge on any atom is 0.344 e.